The molecule has 654 valence electrons. The van der Waals surface area contributed by atoms with Gasteiger partial charge in [0.15, 0.2) is 5.78 Å². The summed E-state index contributed by atoms with van der Waals surface area (Å²) in [6.45, 7) is 1.19. The second-order valence-corrected chi connectivity index (χ2v) is 29.4. The number of benzene rings is 2. The maximum Gasteiger partial charge on any atom is 0.329 e. The largest absolute Gasteiger partial charge is 0.481 e. The number of aliphatic hydroxyl groups is 1. The number of fused-ring (bicyclic) bond motifs is 1. The first kappa shape index (κ1) is 99.0. The number of carboxylic acid groups (broad SMARTS) is 4. The number of cyclic esters (lactones) is 1. The van der Waals surface area contributed by atoms with Crippen molar-refractivity contribution >= 4 is 147 Å². The number of nitrogens with one attached hydrogen (secondary N) is 14. The Bertz CT molecular complexity index is 4130. The minimum Gasteiger partial charge on any atom is -0.481 e. The smallest absolute Gasteiger partial charge is 0.329 e. The van der Waals surface area contributed by atoms with Gasteiger partial charge in [0.1, 0.15) is 72.6 Å². The molecule has 3 aromatic rings. The van der Waals surface area contributed by atoms with Crippen molar-refractivity contribution in [1.82, 2.24) is 74.1 Å². The first-order valence-electron chi connectivity index (χ1n) is 38.4. The molecule has 0 aliphatic carbocycles. The van der Waals surface area contributed by atoms with E-state index in [1.165, 1.54) is 48.9 Å². The molecule has 13 atom stereocenters. The number of carboxylic acids is 4. The summed E-state index contributed by atoms with van der Waals surface area (Å²) in [4.78, 5) is 277. The number of aliphatic carboxylic acids is 4. The van der Waals surface area contributed by atoms with Crippen molar-refractivity contribution in [1.29, 1.82) is 0 Å². The molecule has 1 aliphatic heterocycles. The third kappa shape index (κ3) is 35.2. The molecule has 0 radical (unpaired) electrons. The van der Waals surface area contributed by atoms with E-state index in [0.29, 0.717) is 22.2 Å². The van der Waals surface area contributed by atoms with Crippen LogP contribution < -0.4 is 86.3 Å². The van der Waals surface area contributed by atoms with E-state index in [2.05, 4.69) is 65.1 Å². The van der Waals surface area contributed by atoms with E-state index < -0.39 is 261 Å². The number of aromatic amines is 1. The van der Waals surface area contributed by atoms with Crippen molar-refractivity contribution in [3.05, 3.63) is 65.9 Å². The van der Waals surface area contributed by atoms with Crippen LogP contribution in [0.2, 0.25) is 0 Å². The quantitative estimate of drug-likeness (QED) is 0.0111. The molecule has 0 spiro atoms. The number of esters is 1. The summed E-state index contributed by atoms with van der Waals surface area (Å²) in [5.41, 5.74) is 18.1. The van der Waals surface area contributed by atoms with Crippen molar-refractivity contribution in [2.24, 2.45) is 17.4 Å². The third-order valence-electron chi connectivity index (χ3n) is 18.5. The van der Waals surface area contributed by atoms with Gasteiger partial charge in [0.05, 0.1) is 57.6 Å². The number of amides is 14. The van der Waals surface area contributed by atoms with Crippen molar-refractivity contribution < 1.29 is 126 Å². The highest BCUT2D eigenvalue weighted by Gasteiger charge is 2.41. The minimum atomic E-state index is -2.45. The fourth-order valence-electron chi connectivity index (χ4n) is 12.1. The number of primary amides is 1. The monoisotopic (exact) mass is 1690 g/mol. The molecule has 1 aromatic heterocycles. The number of hydrogen-bond donors (Lipinski definition) is 22. The number of ether oxygens (including phenoxy) is 1. The summed E-state index contributed by atoms with van der Waals surface area (Å²) in [7, 11) is 0. The number of Topliss-reactive ketones (excluding diaryl/α,β-unsaturated/α-hetero) is 1. The first-order chi connectivity index (χ1) is 56.4. The van der Waals surface area contributed by atoms with Crippen LogP contribution in [-0.2, 0) is 102 Å². The van der Waals surface area contributed by atoms with Crippen LogP contribution in [0.4, 0.5) is 5.69 Å². The van der Waals surface area contributed by atoms with Gasteiger partial charge in [-0.3, -0.25) is 91.1 Å². The van der Waals surface area contributed by atoms with Crippen molar-refractivity contribution in [3.63, 3.8) is 0 Å². The maximum absolute atomic E-state index is 14.9. The van der Waals surface area contributed by atoms with Crippen molar-refractivity contribution in [2.75, 3.05) is 43.5 Å². The van der Waals surface area contributed by atoms with Gasteiger partial charge in [0.25, 0.3) is 0 Å². The zero-order chi connectivity index (χ0) is 88.6. The Labute approximate surface area is 686 Å². The van der Waals surface area contributed by atoms with Crippen LogP contribution in [0.5, 0.6) is 0 Å². The molecule has 25 N–H and O–H groups in total. The number of thioether (sulfide) groups is 1. The lowest BCUT2D eigenvalue weighted by atomic mass is 9.96. The highest BCUT2D eigenvalue weighted by Crippen LogP contribution is 2.22. The van der Waals surface area contributed by atoms with Crippen molar-refractivity contribution in [2.45, 2.75) is 216 Å². The number of nitrogen functional groups attached to an aromatic ring is 1. The predicted molar refractivity (Wildman–Crippen MR) is 422 cm³/mol. The standard InChI is InChI=1S/C75H107N17O26S/c1-5-6-7-8-9-10-11-12-17-25-119-37-58(98)84-47(27-41-33-79-45-22-16-14-19-42(41)45)69(111)87-48(29-55(78)95)70(112)89-51(32-62(105)106)71(113)92-64-40(4)118-75(117)52(28-54(94)43-20-13-15-21-44(43)77)90-74(116)63(38(2)26-59(99)100)91-72(114)53(36-93)85-57(97)34-80-66(108)49(30-60(101)102)86-65(107)39(3)82-68(110)50(31-61(103)104)88-67(109)46(23-18-24-76)83-56(96)35-81-73(64)115/h13-16,19-22,33,38-40,46-53,63-64,79,93H,5-12,17-18,23-32,34-37,76-77H2,1-4H3,(H2,78,95)(H,80,108)(H,81,115)(H,82,110)(H,83,96)(H,84,98)(H,85,97)(H,86,107)(H,87,111)(H,88,109)(H,89,112)(H,90,116)(H,91,114)(H,92,113)(H,99,100)(H,101,102)(H,103,104)(H,105,106). The lowest BCUT2D eigenvalue weighted by Gasteiger charge is -2.30. The molecule has 14 amide bonds. The zero-order valence-corrected chi connectivity index (χ0v) is 66.9. The molecule has 1 saturated heterocycles. The zero-order valence-electron chi connectivity index (χ0n) is 66.1. The number of unbranched alkanes of at least 4 members (excludes halogenated alkanes) is 8. The van der Waals surface area contributed by atoms with Gasteiger partial charge in [-0.2, -0.15) is 11.8 Å². The number of aliphatic hydroxyl groups excluding tert-OH is 1. The summed E-state index contributed by atoms with van der Waals surface area (Å²) in [6.07, 6.45) is 1.30. The number of para-hydroxylation sites is 2. The Morgan fingerprint density at radius 3 is 1.69 bits per heavy atom. The molecule has 4 rings (SSSR count). The molecule has 13 unspecified atom stereocenters. The SMILES string of the molecule is CCCCCCCCCCCSCC(=O)NC(Cc1c[nH]c2ccccc12)C(=O)NC(CC(N)=O)C(=O)NC(CC(=O)O)C(=O)NC1C(=O)NCC(=O)NC(CCCN)C(=O)NC(CC(=O)O)C(=O)NC(C)C(=O)NC(CC(=O)O)C(=O)NCC(=O)NC(CO)C(=O)NC(C(C)CC(=O)O)C(=O)NC(CC(=O)c2ccccc2N)C(=O)OC1C. The first-order valence-corrected chi connectivity index (χ1v) is 39.6. The number of carbonyl (C=O) groups is 20. The van der Waals surface area contributed by atoms with Gasteiger partial charge in [0.2, 0.25) is 82.7 Å². The van der Waals surface area contributed by atoms with Crippen LogP contribution in [0.3, 0.4) is 0 Å². The van der Waals surface area contributed by atoms with Crippen LogP contribution in [-0.4, -0.2) is 259 Å². The van der Waals surface area contributed by atoms with E-state index in [-0.39, 0.29) is 36.4 Å². The number of rotatable bonds is 39. The van der Waals surface area contributed by atoms with Crippen LogP contribution in [0.25, 0.3) is 10.9 Å². The normalized spacial score (nSPS) is 20.9. The maximum atomic E-state index is 14.9. The van der Waals surface area contributed by atoms with Gasteiger partial charge >= 0.3 is 29.8 Å². The lowest BCUT2D eigenvalue weighted by Crippen LogP contribution is -2.62. The van der Waals surface area contributed by atoms with Gasteiger partial charge in [0, 0.05) is 41.2 Å². The number of aromatic nitrogens is 1. The second-order valence-electron chi connectivity index (χ2n) is 28.3. The predicted octanol–water partition coefficient (Wildman–Crippen LogP) is -4.50. The summed E-state index contributed by atoms with van der Waals surface area (Å²) < 4.78 is 5.69. The van der Waals surface area contributed by atoms with Crippen LogP contribution in [0, 0.1) is 5.92 Å². The Balaban J connectivity index is 1.84. The van der Waals surface area contributed by atoms with Crippen LogP contribution in [0.1, 0.15) is 153 Å². The Kier molecular flexibility index (Phi) is 42.4. The molecule has 1 fully saturated rings. The van der Waals surface area contributed by atoms with Gasteiger partial charge in [-0.1, -0.05) is 95.5 Å². The Morgan fingerprint density at radius 1 is 0.555 bits per heavy atom. The molecule has 119 heavy (non-hydrogen) atoms. The molecule has 44 heteroatoms. The molecule has 0 bridgehead atoms. The van der Waals surface area contributed by atoms with Gasteiger partial charge < -0.3 is 122 Å². The molecule has 43 nitrogen and oxygen atoms in total. The third-order valence-corrected chi connectivity index (χ3v) is 19.5. The number of hydrogen-bond acceptors (Lipinski definition) is 25. The summed E-state index contributed by atoms with van der Waals surface area (Å²) in [5.74, 6) is -29.3. The van der Waals surface area contributed by atoms with Crippen LogP contribution in [0.15, 0.2) is 54.7 Å². The van der Waals surface area contributed by atoms with E-state index in [1.807, 2.05) is 16.0 Å². The summed E-state index contributed by atoms with van der Waals surface area (Å²) in [5, 5.41) is 78.8. The molecule has 1 aliphatic rings. The number of ketones is 1. The van der Waals surface area contributed by atoms with Crippen LogP contribution >= 0.6 is 11.8 Å². The lowest BCUT2D eigenvalue weighted by molar-refractivity contribution is -0.156. The number of carbonyl (C=O) groups excluding carboxylic acids is 16. The Hall–Kier alpha value is -12.4. The summed E-state index contributed by atoms with van der Waals surface area (Å²) in [6, 6.07) is -10.6. The average molecular weight is 1690 g/mol. The molecular formula is C75H107N17O26S. The van der Waals surface area contributed by atoms with Gasteiger partial charge in [-0.05, 0) is 75.1 Å². The molecular weight excluding hydrogens is 1590 g/mol. The molecule has 2 heterocycles. The summed E-state index contributed by atoms with van der Waals surface area (Å²) >= 11 is 1.31. The highest BCUT2D eigenvalue weighted by molar-refractivity contribution is 7.99. The molecule has 0 saturated carbocycles. The highest BCUT2D eigenvalue weighted by atomic mass is 32.2. The van der Waals surface area contributed by atoms with E-state index in [4.69, 9.17) is 21.9 Å². The minimum absolute atomic E-state index is 0.0941. The number of anilines is 1. The van der Waals surface area contributed by atoms with Crippen molar-refractivity contribution in [3.8, 4) is 0 Å². The second kappa shape index (κ2) is 51.0. The number of nitrogens with two attached hydrogens (primary N) is 3. The Morgan fingerprint density at radius 2 is 1.09 bits per heavy atom. The molecule has 2 aromatic carbocycles. The van der Waals surface area contributed by atoms with Gasteiger partial charge in [-0.25, -0.2) is 4.79 Å². The van der Waals surface area contributed by atoms with E-state index in [1.54, 1.807) is 30.5 Å². The fraction of sp³-hybridized carbons (Fsp3) is 0.547. The van der Waals surface area contributed by atoms with E-state index in [0.717, 1.165) is 65.7 Å². The van der Waals surface area contributed by atoms with E-state index in [9.17, 15) is 121 Å². The topological polar surface area (TPSA) is 702 Å². The van der Waals surface area contributed by atoms with Gasteiger partial charge in [-0.15, -0.1) is 0 Å². The van der Waals surface area contributed by atoms with E-state index >= 15 is 0 Å². The average Bonchev–Trinajstić information content (AvgIpc) is 1.80. The number of H-pyrrole nitrogens is 1. The fourth-order valence-corrected chi connectivity index (χ4v) is 13.0.